The van der Waals surface area contributed by atoms with Crippen LogP contribution in [0.5, 0.6) is 0 Å². The summed E-state index contributed by atoms with van der Waals surface area (Å²) in [5.41, 5.74) is 2.06. The van der Waals surface area contributed by atoms with Crippen LogP contribution in [0, 0.1) is 6.92 Å². The lowest BCUT2D eigenvalue weighted by molar-refractivity contribution is -0.143. The number of hydrogen-bond acceptors (Lipinski definition) is 8. The Morgan fingerprint density at radius 1 is 1.12 bits per heavy atom. The number of pyridine rings is 1. The molecule has 0 fully saturated rings. The highest BCUT2D eigenvalue weighted by Crippen LogP contribution is 2.51. The quantitative estimate of drug-likeness (QED) is 0.366. The molecule has 2 aromatic rings. The average molecular weight is 495 g/mol. The van der Waals surface area contributed by atoms with Gasteiger partial charge in [0.05, 0.1) is 32.0 Å². The molecule has 0 saturated carbocycles. The van der Waals surface area contributed by atoms with Gasteiger partial charge in [-0.3, -0.25) is 9.55 Å². The van der Waals surface area contributed by atoms with E-state index in [4.69, 9.17) is 23.5 Å². The maximum atomic E-state index is 13.3. The molecule has 1 aromatic carbocycles. The first-order valence-electron chi connectivity index (χ1n) is 11.2. The predicted molar refractivity (Wildman–Crippen MR) is 130 cm³/mol. The Kier molecular flexibility index (Phi) is 9.62. The fourth-order valence-electron chi connectivity index (χ4n) is 3.38. The molecular formula is C24H35N2O7P. The first kappa shape index (κ1) is 27.8. The van der Waals surface area contributed by atoms with Gasteiger partial charge in [-0.25, -0.2) is 9.59 Å². The van der Waals surface area contributed by atoms with Crippen molar-refractivity contribution in [2.75, 3.05) is 20.3 Å². The van der Waals surface area contributed by atoms with Crippen molar-refractivity contribution >= 4 is 30.6 Å². The molecule has 0 aliphatic heterocycles. The zero-order valence-electron chi connectivity index (χ0n) is 21.0. The van der Waals surface area contributed by atoms with Gasteiger partial charge in [-0.2, -0.15) is 0 Å². The van der Waals surface area contributed by atoms with E-state index >= 15 is 0 Å². The molecule has 0 aliphatic rings. The number of methoxy groups -OCH3 is 1. The second-order valence-electron chi connectivity index (χ2n) is 8.82. The lowest BCUT2D eigenvalue weighted by Gasteiger charge is -2.23. The van der Waals surface area contributed by atoms with Crippen LogP contribution in [0.3, 0.4) is 0 Å². The molecule has 0 bridgehead atoms. The number of benzene rings is 1. The molecule has 188 valence electrons. The highest BCUT2D eigenvalue weighted by molar-refractivity contribution is 7.53. The summed E-state index contributed by atoms with van der Waals surface area (Å²) >= 11 is 0. The fraction of sp³-hybridized carbons (Fsp3) is 0.542. The number of carbonyl (C=O) groups excluding carboxylic acids is 2. The summed E-state index contributed by atoms with van der Waals surface area (Å²) in [6, 6.07) is 6.60. The highest BCUT2D eigenvalue weighted by Gasteiger charge is 2.30. The Morgan fingerprint density at radius 2 is 1.76 bits per heavy atom. The number of nitrogens with zero attached hydrogens (tertiary/aromatic N) is 1. The zero-order chi connectivity index (χ0) is 25.5. The van der Waals surface area contributed by atoms with Gasteiger partial charge in [0.15, 0.2) is 0 Å². The number of hydrogen-bond donors (Lipinski definition) is 1. The third-order valence-electron chi connectivity index (χ3n) is 4.73. The van der Waals surface area contributed by atoms with Gasteiger partial charge in [-0.05, 0) is 64.8 Å². The summed E-state index contributed by atoms with van der Waals surface area (Å²) in [7, 11) is -2.21. The average Bonchev–Trinajstić information content (AvgIpc) is 2.72. The maximum absolute atomic E-state index is 13.3. The van der Waals surface area contributed by atoms with E-state index in [1.54, 1.807) is 34.6 Å². The van der Waals surface area contributed by atoms with Gasteiger partial charge in [0.25, 0.3) is 0 Å². The Balaban J connectivity index is 2.50. The minimum Gasteiger partial charge on any atom is -0.467 e. The Hall–Kier alpha value is -2.48. The molecule has 9 nitrogen and oxygen atoms in total. The molecule has 1 heterocycles. The molecule has 10 heteroatoms. The lowest BCUT2D eigenvalue weighted by atomic mass is 10.0. The third kappa shape index (κ3) is 8.08. The molecule has 1 N–H and O–H groups in total. The van der Waals surface area contributed by atoms with Crippen LogP contribution in [0.4, 0.5) is 4.79 Å². The van der Waals surface area contributed by atoms with Crippen molar-refractivity contribution in [3.8, 4) is 0 Å². The van der Waals surface area contributed by atoms with Crippen LogP contribution in [-0.2, 0) is 40.5 Å². The number of nitrogens with one attached hydrogen (secondary N) is 1. The molecule has 0 spiro atoms. The SMILES string of the molecule is CCOP(=O)(Cc1cc2ccc(C)cc2nc1C[C@@H](NC(=O)OC(C)(C)C)C(=O)OC)OCC. The van der Waals surface area contributed by atoms with Crippen LogP contribution >= 0.6 is 7.60 Å². The molecule has 1 aromatic heterocycles. The van der Waals surface area contributed by atoms with Crippen molar-refractivity contribution in [1.82, 2.24) is 10.3 Å². The number of esters is 1. The number of carbonyl (C=O) groups is 2. The number of aromatic nitrogens is 1. The largest absolute Gasteiger partial charge is 0.467 e. The number of aryl methyl sites for hydroxylation is 1. The van der Waals surface area contributed by atoms with E-state index in [9.17, 15) is 14.2 Å². The van der Waals surface area contributed by atoms with Gasteiger partial charge in [-0.15, -0.1) is 0 Å². The molecule has 0 radical (unpaired) electrons. The molecule has 34 heavy (non-hydrogen) atoms. The van der Waals surface area contributed by atoms with Crippen molar-refractivity contribution in [1.29, 1.82) is 0 Å². The molecule has 0 unspecified atom stereocenters. The van der Waals surface area contributed by atoms with Gasteiger partial charge >= 0.3 is 19.7 Å². The first-order chi connectivity index (χ1) is 15.9. The van der Waals surface area contributed by atoms with Crippen molar-refractivity contribution in [2.45, 2.75) is 65.8 Å². The van der Waals surface area contributed by atoms with Crippen molar-refractivity contribution < 1.29 is 32.7 Å². The Labute approximate surface area is 201 Å². The smallest absolute Gasteiger partial charge is 0.408 e. The number of amides is 1. The monoisotopic (exact) mass is 494 g/mol. The van der Waals surface area contributed by atoms with Crippen LogP contribution in [0.2, 0.25) is 0 Å². The standard InChI is InChI=1S/C24H35N2O7P/c1-8-31-34(29,32-9-2)15-18-13-17-11-10-16(3)12-19(17)25-20(18)14-21(22(27)30-7)26-23(28)33-24(4,5)6/h10-13,21H,8-9,14-15H2,1-7H3,(H,26,28)/t21-/m1/s1. The van der Waals surface area contributed by atoms with Gasteiger partial charge < -0.3 is 23.8 Å². The van der Waals surface area contributed by atoms with E-state index in [0.717, 1.165) is 10.9 Å². The Morgan fingerprint density at radius 3 is 2.32 bits per heavy atom. The minimum absolute atomic E-state index is 0.00335. The summed E-state index contributed by atoms with van der Waals surface area (Å²) in [6.45, 7) is 11.1. The number of ether oxygens (including phenoxy) is 2. The van der Waals surface area contributed by atoms with Crippen molar-refractivity contribution in [3.63, 3.8) is 0 Å². The maximum Gasteiger partial charge on any atom is 0.408 e. The first-order valence-corrected chi connectivity index (χ1v) is 13.0. The minimum atomic E-state index is -3.45. The van der Waals surface area contributed by atoms with Gasteiger partial charge in [-0.1, -0.05) is 12.1 Å². The van der Waals surface area contributed by atoms with Gasteiger partial charge in [0.1, 0.15) is 11.6 Å². The predicted octanol–water partition coefficient (Wildman–Crippen LogP) is 4.92. The summed E-state index contributed by atoms with van der Waals surface area (Å²) < 4.78 is 34.4. The van der Waals surface area contributed by atoms with E-state index in [2.05, 4.69) is 5.32 Å². The number of alkyl carbamates (subject to hydrolysis) is 1. The molecular weight excluding hydrogens is 459 g/mol. The van der Waals surface area contributed by atoms with E-state index in [1.165, 1.54) is 7.11 Å². The molecule has 0 aliphatic carbocycles. The molecule has 1 amide bonds. The van der Waals surface area contributed by atoms with Gasteiger partial charge in [0.2, 0.25) is 0 Å². The second kappa shape index (κ2) is 11.8. The van der Waals surface area contributed by atoms with E-state index in [0.29, 0.717) is 16.8 Å². The normalized spacial score (nSPS) is 12.9. The highest BCUT2D eigenvalue weighted by atomic mass is 31.2. The zero-order valence-corrected chi connectivity index (χ0v) is 21.9. The van der Waals surface area contributed by atoms with Crippen molar-refractivity contribution in [2.24, 2.45) is 0 Å². The second-order valence-corrected chi connectivity index (χ2v) is 10.9. The van der Waals surface area contributed by atoms with Crippen LogP contribution in [-0.4, -0.2) is 49.0 Å². The summed E-state index contributed by atoms with van der Waals surface area (Å²) in [6.07, 6.45) is -0.778. The Bertz CT molecular complexity index is 1060. The summed E-state index contributed by atoms with van der Waals surface area (Å²) in [5, 5.41) is 3.41. The van der Waals surface area contributed by atoms with E-state index in [1.807, 2.05) is 31.2 Å². The third-order valence-corrected chi connectivity index (χ3v) is 6.76. The molecule has 2 rings (SSSR count). The van der Waals surface area contributed by atoms with Gasteiger partial charge in [0, 0.05) is 17.5 Å². The molecule has 0 saturated heterocycles. The lowest BCUT2D eigenvalue weighted by Crippen LogP contribution is -2.45. The van der Waals surface area contributed by atoms with Crippen LogP contribution in [0.1, 0.15) is 51.4 Å². The van der Waals surface area contributed by atoms with E-state index < -0.39 is 31.3 Å². The topological polar surface area (TPSA) is 113 Å². The van der Waals surface area contributed by atoms with Crippen LogP contribution in [0.25, 0.3) is 10.9 Å². The van der Waals surface area contributed by atoms with Crippen LogP contribution < -0.4 is 5.32 Å². The molecule has 1 atom stereocenters. The number of fused-ring (bicyclic) bond motifs is 1. The summed E-state index contributed by atoms with van der Waals surface area (Å²) in [5.74, 6) is -0.652. The van der Waals surface area contributed by atoms with E-state index in [-0.39, 0.29) is 25.8 Å². The number of rotatable bonds is 10. The van der Waals surface area contributed by atoms with Crippen molar-refractivity contribution in [3.05, 3.63) is 41.1 Å². The summed E-state index contributed by atoms with van der Waals surface area (Å²) in [4.78, 5) is 29.6. The fourth-order valence-corrected chi connectivity index (χ4v) is 5.12. The van der Waals surface area contributed by atoms with Crippen LogP contribution in [0.15, 0.2) is 24.3 Å².